The summed E-state index contributed by atoms with van der Waals surface area (Å²) in [6.07, 6.45) is 0. The number of nitrogens with one attached hydrogen (secondary N) is 1. The second-order valence-corrected chi connectivity index (χ2v) is 6.08. The minimum absolute atomic E-state index is 0.779. The fraction of sp³-hybridized carbons (Fsp3) is 0.375. The maximum Gasteiger partial charge on any atom is 0.162 e. The second-order valence-electron chi connectivity index (χ2n) is 4.96. The van der Waals surface area contributed by atoms with E-state index >= 15 is 0 Å². The molecular formula is C16H22N4S. The van der Waals surface area contributed by atoms with Crippen LogP contribution in [0, 0.1) is 0 Å². The Morgan fingerprint density at radius 3 is 2.57 bits per heavy atom. The zero-order valence-corrected chi connectivity index (χ0v) is 13.7. The quantitative estimate of drug-likeness (QED) is 0.628. The molecule has 1 N–H and O–H groups in total. The third-order valence-electron chi connectivity index (χ3n) is 2.88. The van der Waals surface area contributed by atoms with Crippen molar-refractivity contribution in [3.05, 3.63) is 36.4 Å². The SMILES string of the molecule is CCNc1cc(SCCN(C)C)nc(-c2ccccc2)n1. The third-order valence-corrected chi connectivity index (χ3v) is 3.77. The van der Waals surface area contributed by atoms with Crippen molar-refractivity contribution in [2.24, 2.45) is 0 Å². The summed E-state index contributed by atoms with van der Waals surface area (Å²) in [5.41, 5.74) is 1.05. The lowest BCUT2D eigenvalue weighted by Crippen LogP contribution is -2.14. The molecule has 0 saturated carbocycles. The first-order valence-corrected chi connectivity index (χ1v) is 8.13. The monoisotopic (exact) mass is 302 g/mol. The summed E-state index contributed by atoms with van der Waals surface area (Å²) in [4.78, 5) is 11.4. The van der Waals surface area contributed by atoms with E-state index < -0.39 is 0 Å². The molecule has 0 fully saturated rings. The van der Waals surface area contributed by atoms with Crippen LogP contribution in [-0.4, -0.2) is 47.8 Å². The Bertz CT molecular complexity index is 557. The molecule has 0 aliphatic carbocycles. The molecule has 0 unspecified atom stereocenters. The number of hydrogen-bond acceptors (Lipinski definition) is 5. The van der Waals surface area contributed by atoms with Crippen LogP contribution in [0.5, 0.6) is 0 Å². The second kappa shape index (κ2) is 8.00. The van der Waals surface area contributed by atoms with Gasteiger partial charge in [0.15, 0.2) is 5.82 Å². The minimum atomic E-state index is 0.779. The highest BCUT2D eigenvalue weighted by molar-refractivity contribution is 7.99. The molecule has 4 nitrogen and oxygen atoms in total. The van der Waals surface area contributed by atoms with Crippen molar-refractivity contribution in [2.45, 2.75) is 11.9 Å². The number of hydrogen-bond donors (Lipinski definition) is 1. The zero-order chi connectivity index (χ0) is 15.1. The van der Waals surface area contributed by atoms with Gasteiger partial charge in [-0.15, -0.1) is 11.8 Å². The van der Waals surface area contributed by atoms with E-state index in [1.807, 2.05) is 36.4 Å². The van der Waals surface area contributed by atoms with Gasteiger partial charge in [-0.1, -0.05) is 30.3 Å². The van der Waals surface area contributed by atoms with E-state index in [4.69, 9.17) is 0 Å². The van der Waals surface area contributed by atoms with Crippen LogP contribution in [0.2, 0.25) is 0 Å². The fourth-order valence-electron chi connectivity index (χ4n) is 1.82. The lowest BCUT2D eigenvalue weighted by atomic mass is 10.2. The Hall–Kier alpha value is -1.59. The number of aromatic nitrogens is 2. The molecule has 0 aliphatic heterocycles. The van der Waals surface area contributed by atoms with Crippen LogP contribution in [0.4, 0.5) is 5.82 Å². The topological polar surface area (TPSA) is 41.0 Å². The minimum Gasteiger partial charge on any atom is -0.370 e. The lowest BCUT2D eigenvalue weighted by molar-refractivity contribution is 0.437. The van der Waals surface area contributed by atoms with Crippen LogP contribution in [0.1, 0.15) is 6.92 Å². The standard InChI is InChI=1S/C16H22N4S/c1-4-17-14-12-15(21-11-10-20(2)3)19-16(18-14)13-8-6-5-7-9-13/h5-9,12H,4,10-11H2,1-3H3,(H,17,18,19). The molecule has 2 aromatic rings. The summed E-state index contributed by atoms with van der Waals surface area (Å²) in [6, 6.07) is 12.1. The number of thioether (sulfide) groups is 1. The molecule has 0 radical (unpaired) electrons. The molecule has 112 valence electrons. The summed E-state index contributed by atoms with van der Waals surface area (Å²) >= 11 is 1.76. The summed E-state index contributed by atoms with van der Waals surface area (Å²) in [7, 11) is 4.17. The fourth-order valence-corrected chi connectivity index (χ4v) is 2.83. The van der Waals surface area contributed by atoms with Crippen molar-refractivity contribution in [3.8, 4) is 11.4 Å². The average molecular weight is 302 g/mol. The van der Waals surface area contributed by atoms with Gasteiger partial charge in [-0.25, -0.2) is 9.97 Å². The number of rotatable bonds is 7. The van der Waals surface area contributed by atoms with Crippen molar-refractivity contribution in [2.75, 3.05) is 38.3 Å². The van der Waals surface area contributed by atoms with Gasteiger partial charge < -0.3 is 10.2 Å². The van der Waals surface area contributed by atoms with Gasteiger partial charge in [0.1, 0.15) is 10.8 Å². The predicted octanol–water partition coefficient (Wildman–Crippen LogP) is 3.23. The van der Waals surface area contributed by atoms with E-state index in [0.717, 1.165) is 41.1 Å². The molecule has 0 bridgehead atoms. The first kappa shape index (κ1) is 15.8. The summed E-state index contributed by atoms with van der Waals surface area (Å²) in [5.74, 6) is 2.68. The zero-order valence-electron chi connectivity index (χ0n) is 12.8. The highest BCUT2D eigenvalue weighted by Gasteiger charge is 2.07. The van der Waals surface area contributed by atoms with Gasteiger partial charge in [-0.2, -0.15) is 0 Å². The first-order chi connectivity index (χ1) is 10.2. The Balaban J connectivity index is 2.22. The molecule has 0 spiro atoms. The first-order valence-electron chi connectivity index (χ1n) is 7.15. The molecular weight excluding hydrogens is 280 g/mol. The molecule has 5 heteroatoms. The Morgan fingerprint density at radius 1 is 1.14 bits per heavy atom. The van der Waals surface area contributed by atoms with Gasteiger partial charge in [0.2, 0.25) is 0 Å². The van der Waals surface area contributed by atoms with Gasteiger partial charge in [-0.05, 0) is 21.0 Å². The van der Waals surface area contributed by atoms with E-state index in [2.05, 4.69) is 41.2 Å². The van der Waals surface area contributed by atoms with E-state index in [1.165, 1.54) is 0 Å². The van der Waals surface area contributed by atoms with Crippen molar-refractivity contribution in [1.29, 1.82) is 0 Å². The van der Waals surface area contributed by atoms with Gasteiger partial charge >= 0.3 is 0 Å². The molecule has 1 heterocycles. The maximum atomic E-state index is 4.68. The lowest BCUT2D eigenvalue weighted by Gasteiger charge is -2.11. The molecule has 0 aliphatic rings. The molecule has 1 aromatic heterocycles. The van der Waals surface area contributed by atoms with Crippen LogP contribution in [0.3, 0.4) is 0 Å². The molecule has 2 rings (SSSR count). The Kier molecular flexibility index (Phi) is 6.02. The number of benzene rings is 1. The normalized spacial score (nSPS) is 10.9. The Morgan fingerprint density at radius 2 is 1.90 bits per heavy atom. The van der Waals surface area contributed by atoms with Crippen molar-refractivity contribution in [3.63, 3.8) is 0 Å². The van der Waals surface area contributed by atoms with Crippen LogP contribution in [0.25, 0.3) is 11.4 Å². The largest absolute Gasteiger partial charge is 0.370 e. The predicted molar refractivity (Wildman–Crippen MR) is 90.9 cm³/mol. The van der Waals surface area contributed by atoms with Crippen LogP contribution in [-0.2, 0) is 0 Å². The van der Waals surface area contributed by atoms with Gasteiger partial charge in [0.25, 0.3) is 0 Å². The molecule has 0 saturated heterocycles. The highest BCUT2D eigenvalue weighted by atomic mass is 32.2. The van der Waals surface area contributed by atoms with Crippen molar-refractivity contribution in [1.82, 2.24) is 14.9 Å². The van der Waals surface area contributed by atoms with E-state index in [-0.39, 0.29) is 0 Å². The van der Waals surface area contributed by atoms with E-state index in [1.54, 1.807) is 11.8 Å². The smallest absolute Gasteiger partial charge is 0.162 e. The average Bonchev–Trinajstić information content (AvgIpc) is 2.48. The van der Waals surface area contributed by atoms with Crippen LogP contribution < -0.4 is 5.32 Å². The van der Waals surface area contributed by atoms with E-state index in [0.29, 0.717) is 0 Å². The summed E-state index contributed by atoms with van der Waals surface area (Å²) in [6.45, 7) is 3.96. The van der Waals surface area contributed by atoms with Crippen molar-refractivity contribution < 1.29 is 0 Å². The third kappa shape index (κ3) is 5.02. The highest BCUT2D eigenvalue weighted by Crippen LogP contribution is 2.23. The Labute approximate surface area is 131 Å². The van der Waals surface area contributed by atoms with Gasteiger partial charge in [0, 0.05) is 30.5 Å². The number of nitrogens with zero attached hydrogens (tertiary/aromatic N) is 3. The summed E-state index contributed by atoms with van der Waals surface area (Å²) in [5, 5.41) is 4.30. The van der Waals surface area contributed by atoms with Crippen molar-refractivity contribution >= 4 is 17.6 Å². The molecule has 0 atom stereocenters. The molecule has 21 heavy (non-hydrogen) atoms. The molecule has 0 amide bonds. The molecule has 1 aromatic carbocycles. The van der Waals surface area contributed by atoms with Gasteiger partial charge in [-0.3, -0.25) is 0 Å². The van der Waals surface area contributed by atoms with Crippen LogP contribution in [0.15, 0.2) is 41.4 Å². The number of anilines is 1. The van der Waals surface area contributed by atoms with Gasteiger partial charge in [0.05, 0.1) is 0 Å². The van der Waals surface area contributed by atoms with Crippen LogP contribution >= 0.6 is 11.8 Å². The summed E-state index contributed by atoms with van der Waals surface area (Å²) < 4.78 is 0. The maximum absolute atomic E-state index is 4.68. The van der Waals surface area contributed by atoms with E-state index in [9.17, 15) is 0 Å².